The van der Waals surface area contributed by atoms with E-state index in [1.807, 2.05) is 11.9 Å². The minimum Gasteiger partial charge on any atom is -0.341 e. The van der Waals surface area contributed by atoms with Gasteiger partial charge in [-0.1, -0.05) is 47.0 Å². The molecule has 3 fully saturated rings. The summed E-state index contributed by atoms with van der Waals surface area (Å²) in [5, 5.41) is 10.2. The average molecular weight is 331 g/mol. The van der Waals surface area contributed by atoms with E-state index in [0.29, 0.717) is 12.0 Å². The van der Waals surface area contributed by atoms with Crippen LogP contribution in [0.5, 0.6) is 0 Å². The second-order valence-corrected chi connectivity index (χ2v) is 9.97. The number of carbonyl (C=O) groups is 1. The summed E-state index contributed by atoms with van der Waals surface area (Å²) >= 11 is 0. The standard InChI is InChI=1S/C21H34N2O/c1-19(2)12-11-16-17(13-19)21(14-22,20(16,3)4)18(24)23(5)15-9-7-6-8-10-15/h15-17H,6-13H2,1-5H3. The molecule has 3 aliphatic carbocycles. The zero-order valence-electron chi connectivity index (χ0n) is 16.2. The highest BCUT2D eigenvalue weighted by Gasteiger charge is 2.73. The van der Waals surface area contributed by atoms with Gasteiger partial charge in [0.15, 0.2) is 0 Å². The van der Waals surface area contributed by atoms with Gasteiger partial charge in [0.25, 0.3) is 0 Å². The molecule has 3 nitrogen and oxygen atoms in total. The third-order valence-corrected chi connectivity index (χ3v) is 7.85. The molecule has 24 heavy (non-hydrogen) atoms. The lowest BCUT2D eigenvalue weighted by atomic mass is 9.35. The van der Waals surface area contributed by atoms with E-state index in [1.165, 1.54) is 25.7 Å². The molecule has 0 aliphatic heterocycles. The fraction of sp³-hybridized carbons (Fsp3) is 0.905. The van der Waals surface area contributed by atoms with Crippen molar-refractivity contribution in [2.24, 2.45) is 28.1 Å². The van der Waals surface area contributed by atoms with Crippen LogP contribution in [0.2, 0.25) is 0 Å². The molecule has 3 unspecified atom stereocenters. The Hall–Kier alpha value is -1.04. The van der Waals surface area contributed by atoms with Gasteiger partial charge < -0.3 is 4.90 Å². The van der Waals surface area contributed by atoms with Gasteiger partial charge in [0.2, 0.25) is 5.91 Å². The van der Waals surface area contributed by atoms with Crippen LogP contribution in [-0.4, -0.2) is 23.9 Å². The molecule has 0 heterocycles. The minimum atomic E-state index is -0.818. The number of carbonyl (C=O) groups excluding carboxylic acids is 1. The summed E-state index contributed by atoms with van der Waals surface area (Å²) in [5.74, 6) is 0.870. The topological polar surface area (TPSA) is 44.1 Å². The van der Waals surface area contributed by atoms with E-state index in [9.17, 15) is 10.1 Å². The number of nitrogens with zero attached hydrogens (tertiary/aromatic N) is 2. The van der Waals surface area contributed by atoms with Crippen molar-refractivity contribution < 1.29 is 4.79 Å². The zero-order valence-corrected chi connectivity index (χ0v) is 16.2. The maximum Gasteiger partial charge on any atom is 0.243 e. The molecule has 3 saturated carbocycles. The second-order valence-electron chi connectivity index (χ2n) is 9.97. The van der Waals surface area contributed by atoms with Crippen LogP contribution in [0.3, 0.4) is 0 Å². The molecule has 0 aromatic carbocycles. The largest absolute Gasteiger partial charge is 0.341 e. The highest BCUT2D eigenvalue weighted by Crippen LogP contribution is 2.71. The van der Waals surface area contributed by atoms with Gasteiger partial charge in [0.1, 0.15) is 5.41 Å². The van der Waals surface area contributed by atoms with E-state index in [4.69, 9.17) is 0 Å². The fourth-order valence-electron chi connectivity index (χ4n) is 6.20. The Morgan fingerprint density at radius 3 is 2.25 bits per heavy atom. The van der Waals surface area contributed by atoms with Crippen molar-refractivity contribution in [1.82, 2.24) is 4.90 Å². The molecule has 0 N–H and O–H groups in total. The van der Waals surface area contributed by atoms with Crippen LogP contribution < -0.4 is 0 Å². The van der Waals surface area contributed by atoms with Gasteiger partial charge in [0, 0.05) is 13.1 Å². The summed E-state index contributed by atoms with van der Waals surface area (Å²) in [6, 6.07) is 2.91. The van der Waals surface area contributed by atoms with Crippen molar-refractivity contribution in [3.63, 3.8) is 0 Å². The summed E-state index contributed by atoms with van der Waals surface area (Å²) in [6.07, 6.45) is 9.30. The van der Waals surface area contributed by atoms with Gasteiger partial charge in [0.05, 0.1) is 6.07 Å². The van der Waals surface area contributed by atoms with Crippen LogP contribution in [-0.2, 0) is 4.79 Å². The number of amides is 1. The van der Waals surface area contributed by atoms with Crippen LogP contribution in [0.4, 0.5) is 0 Å². The highest BCUT2D eigenvalue weighted by atomic mass is 16.2. The Bertz CT molecular complexity index is 553. The van der Waals surface area contributed by atoms with Gasteiger partial charge in [-0.05, 0) is 54.8 Å². The lowest BCUT2D eigenvalue weighted by molar-refractivity contribution is -0.207. The molecular formula is C21H34N2O. The van der Waals surface area contributed by atoms with E-state index in [-0.39, 0.29) is 22.7 Å². The molecule has 3 heteroatoms. The van der Waals surface area contributed by atoms with Gasteiger partial charge in [-0.15, -0.1) is 0 Å². The molecular weight excluding hydrogens is 296 g/mol. The molecule has 3 atom stereocenters. The molecule has 1 amide bonds. The van der Waals surface area contributed by atoms with Gasteiger partial charge in [-0.3, -0.25) is 4.79 Å². The monoisotopic (exact) mass is 330 g/mol. The Balaban J connectivity index is 1.89. The van der Waals surface area contributed by atoms with Crippen molar-refractivity contribution in [2.75, 3.05) is 7.05 Å². The molecule has 134 valence electrons. The number of fused-ring (bicyclic) bond motifs is 1. The summed E-state index contributed by atoms with van der Waals surface area (Å²) in [5.41, 5.74) is -0.770. The van der Waals surface area contributed by atoms with Crippen molar-refractivity contribution in [2.45, 2.75) is 85.1 Å². The van der Waals surface area contributed by atoms with Gasteiger partial charge >= 0.3 is 0 Å². The molecule has 0 saturated heterocycles. The first kappa shape index (κ1) is 17.8. The highest BCUT2D eigenvalue weighted by molar-refractivity contribution is 5.88. The Morgan fingerprint density at radius 1 is 1.04 bits per heavy atom. The van der Waals surface area contributed by atoms with Crippen LogP contribution in [0.15, 0.2) is 0 Å². The summed E-state index contributed by atoms with van der Waals surface area (Å²) in [4.78, 5) is 15.5. The predicted octanol–water partition coefficient (Wildman–Crippen LogP) is 4.77. The molecule has 3 rings (SSSR count). The number of hydrogen-bond donors (Lipinski definition) is 0. The first-order chi connectivity index (χ1) is 11.2. The number of hydrogen-bond acceptors (Lipinski definition) is 2. The fourth-order valence-corrected chi connectivity index (χ4v) is 6.20. The Labute approximate surface area is 147 Å². The Kier molecular flexibility index (Phi) is 4.26. The van der Waals surface area contributed by atoms with Gasteiger partial charge in [-0.2, -0.15) is 5.26 Å². The maximum atomic E-state index is 13.6. The summed E-state index contributed by atoms with van der Waals surface area (Å²) < 4.78 is 0. The van der Waals surface area contributed by atoms with E-state index >= 15 is 0 Å². The van der Waals surface area contributed by atoms with Crippen molar-refractivity contribution >= 4 is 5.91 Å². The third kappa shape index (κ3) is 2.32. The quantitative estimate of drug-likeness (QED) is 0.732. The maximum absolute atomic E-state index is 13.6. The molecule has 0 bridgehead atoms. The third-order valence-electron chi connectivity index (χ3n) is 7.85. The van der Waals surface area contributed by atoms with Crippen LogP contribution in [0.25, 0.3) is 0 Å². The first-order valence-corrected chi connectivity index (χ1v) is 9.86. The lowest BCUT2D eigenvalue weighted by Crippen LogP contribution is -2.70. The van der Waals surface area contributed by atoms with E-state index in [0.717, 1.165) is 25.7 Å². The molecule has 0 spiro atoms. The Morgan fingerprint density at radius 2 is 1.67 bits per heavy atom. The van der Waals surface area contributed by atoms with Crippen molar-refractivity contribution in [1.29, 1.82) is 5.26 Å². The normalized spacial score (nSPS) is 37.7. The smallest absolute Gasteiger partial charge is 0.243 e. The van der Waals surface area contributed by atoms with Crippen LogP contribution >= 0.6 is 0 Å². The van der Waals surface area contributed by atoms with Gasteiger partial charge in [-0.25, -0.2) is 0 Å². The number of rotatable bonds is 2. The lowest BCUT2D eigenvalue weighted by Gasteiger charge is -2.67. The van der Waals surface area contributed by atoms with E-state index < -0.39 is 5.41 Å². The summed E-state index contributed by atoms with van der Waals surface area (Å²) in [7, 11) is 1.95. The van der Waals surface area contributed by atoms with Crippen molar-refractivity contribution in [3.05, 3.63) is 0 Å². The first-order valence-electron chi connectivity index (χ1n) is 9.86. The summed E-state index contributed by atoms with van der Waals surface area (Å²) in [6.45, 7) is 8.93. The molecule has 0 aromatic heterocycles. The second kappa shape index (κ2) is 5.75. The van der Waals surface area contributed by atoms with Crippen LogP contribution in [0.1, 0.15) is 79.1 Å². The molecule has 3 aliphatic rings. The van der Waals surface area contributed by atoms with E-state index in [1.54, 1.807) is 0 Å². The zero-order chi connectivity index (χ0) is 17.8. The minimum absolute atomic E-state index is 0.112. The van der Waals surface area contributed by atoms with E-state index in [2.05, 4.69) is 33.8 Å². The van der Waals surface area contributed by atoms with Crippen molar-refractivity contribution in [3.8, 4) is 6.07 Å². The SMILES string of the molecule is CN(C(=O)C1(C#N)C2CC(C)(C)CCC2C1(C)C)C1CCCCC1. The average Bonchev–Trinajstić information content (AvgIpc) is 2.54. The molecule has 0 radical (unpaired) electrons. The number of nitriles is 1. The van der Waals surface area contributed by atoms with Crippen LogP contribution in [0, 0.1) is 39.4 Å². The predicted molar refractivity (Wildman–Crippen MR) is 96.1 cm³/mol. The molecule has 0 aromatic rings.